The fourth-order valence-electron chi connectivity index (χ4n) is 2.91. The summed E-state index contributed by atoms with van der Waals surface area (Å²) in [6, 6.07) is 4.17. The van der Waals surface area contributed by atoms with Gasteiger partial charge < -0.3 is 10.2 Å². The molecule has 1 atom stereocenters. The number of amides is 1. The van der Waals surface area contributed by atoms with Crippen LogP contribution in [0.1, 0.15) is 37.9 Å². The van der Waals surface area contributed by atoms with Crippen LogP contribution >= 0.6 is 0 Å². The summed E-state index contributed by atoms with van der Waals surface area (Å²) >= 11 is 0. The lowest BCUT2D eigenvalue weighted by Gasteiger charge is -2.33. The summed E-state index contributed by atoms with van der Waals surface area (Å²) in [5, 5.41) is 3.43. The van der Waals surface area contributed by atoms with Gasteiger partial charge in [-0.05, 0) is 64.3 Å². The van der Waals surface area contributed by atoms with Gasteiger partial charge in [-0.25, -0.2) is 0 Å². The lowest BCUT2D eigenvalue weighted by atomic mass is 9.98. The Morgan fingerprint density at radius 2 is 2.33 bits per heavy atom. The van der Waals surface area contributed by atoms with Crippen LogP contribution in [-0.4, -0.2) is 41.5 Å². The third-order valence-electron chi connectivity index (χ3n) is 4.23. The Morgan fingerprint density at radius 3 is 2.95 bits per heavy atom. The molecule has 0 bridgehead atoms. The zero-order chi connectivity index (χ0) is 15.2. The van der Waals surface area contributed by atoms with Gasteiger partial charge in [-0.1, -0.05) is 6.07 Å². The molecule has 0 aromatic carbocycles. The second-order valence-corrected chi connectivity index (χ2v) is 6.30. The van der Waals surface area contributed by atoms with Gasteiger partial charge in [-0.3, -0.25) is 9.78 Å². The summed E-state index contributed by atoms with van der Waals surface area (Å²) in [5.74, 6) is 0.771. The molecule has 0 saturated carbocycles. The zero-order valence-electron chi connectivity index (χ0n) is 13.4. The van der Waals surface area contributed by atoms with Crippen LogP contribution in [0.2, 0.25) is 0 Å². The highest BCUT2D eigenvalue weighted by atomic mass is 16.2. The van der Waals surface area contributed by atoms with Crippen molar-refractivity contribution < 1.29 is 4.79 Å². The molecule has 1 amide bonds. The molecule has 21 heavy (non-hydrogen) atoms. The number of nitrogens with one attached hydrogen (secondary N) is 1. The van der Waals surface area contributed by atoms with Crippen LogP contribution < -0.4 is 5.32 Å². The molecule has 1 fully saturated rings. The minimum absolute atomic E-state index is 0.192. The molecule has 1 unspecified atom stereocenters. The summed E-state index contributed by atoms with van der Waals surface area (Å²) in [7, 11) is 0. The third kappa shape index (κ3) is 4.53. The molecule has 1 saturated heterocycles. The van der Waals surface area contributed by atoms with E-state index in [1.807, 2.05) is 24.0 Å². The third-order valence-corrected chi connectivity index (χ3v) is 4.23. The van der Waals surface area contributed by atoms with Gasteiger partial charge in [-0.15, -0.1) is 0 Å². The fraction of sp³-hybridized carbons (Fsp3) is 0.647. The summed E-state index contributed by atoms with van der Waals surface area (Å²) in [5.41, 5.74) is 1.99. The van der Waals surface area contributed by atoms with Crippen molar-refractivity contribution in [2.24, 2.45) is 5.92 Å². The number of carbonyl (C=O) groups is 1. The van der Waals surface area contributed by atoms with Crippen LogP contribution in [0.5, 0.6) is 0 Å². The van der Waals surface area contributed by atoms with E-state index in [9.17, 15) is 4.79 Å². The standard InChI is InChI=1S/C17H27N3O/c1-13(2)20(12-15-7-5-8-18-11-15)17(21)10-16-14(3)6-4-9-19-16/h4,6,9,13,15,18H,5,7-8,10-12H2,1-3H3. The van der Waals surface area contributed by atoms with Crippen molar-refractivity contribution in [3.05, 3.63) is 29.6 Å². The Labute approximate surface area is 127 Å². The largest absolute Gasteiger partial charge is 0.340 e. The summed E-state index contributed by atoms with van der Waals surface area (Å²) in [6.07, 6.45) is 4.60. The zero-order valence-corrected chi connectivity index (χ0v) is 13.4. The summed E-state index contributed by atoms with van der Waals surface area (Å²) < 4.78 is 0. The van der Waals surface area contributed by atoms with Gasteiger partial charge >= 0.3 is 0 Å². The molecule has 116 valence electrons. The first-order valence-corrected chi connectivity index (χ1v) is 7.98. The molecule has 0 radical (unpaired) electrons. The van der Waals surface area contributed by atoms with E-state index in [0.29, 0.717) is 12.3 Å². The van der Waals surface area contributed by atoms with Crippen LogP contribution in [0.15, 0.2) is 18.3 Å². The van der Waals surface area contributed by atoms with Gasteiger partial charge in [-0.2, -0.15) is 0 Å². The van der Waals surface area contributed by atoms with Gasteiger partial charge in [0.05, 0.1) is 12.1 Å². The number of piperidine rings is 1. The average molecular weight is 289 g/mol. The molecule has 4 heteroatoms. The van der Waals surface area contributed by atoms with E-state index >= 15 is 0 Å². The van der Waals surface area contributed by atoms with Crippen LogP contribution in [0.25, 0.3) is 0 Å². The fourth-order valence-corrected chi connectivity index (χ4v) is 2.91. The topological polar surface area (TPSA) is 45.2 Å². The van der Waals surface area contributed by atoms with Gasteiger partial charge in [0.25, 0.3) is 0 Å². The minimum atomic E-state index is 0.192. The number of pyridine rings is 1. The Kier molecular flexibility index (Phi) is 5.74. The summed E-state index contributed by atoms with van der Waals surface area (Å²) in [4.78, 5) is 19.0. The van der Waals surface area contributed by atoms with Crippen molar-refractivity contribution in [3.63, 3.8) is 0 Å². The molecule has 1 N–H and O–H groups in total. The number of aromatic nitrogens is 1. The van der Waals surface area contributed by atoms with E-state index in [0.717, 1.165) is 30.9 Å². The first-order valence-electron chi connectivity index (χ1n) is 7.98. The molecule has 1 aromatic rings. The van der Waals surface area contributed by atoms with Crippen LogP contribution in [0.3, 0.4) is 0 Å². The number of hydrogen-bond donors (Lipinski definition) is 1. The van der Waals surface area contributed by atoms with E-state index in [1.165, 1.54) is 12.8 Å². The Morgan fingerprint density at radius 1 is 1.52 bits per heavy atom. The van der Waals surface area contributed by atoms with E-state index < -0.39 is 0 Å². The van der Waals surface area contributed by atoms with Gasteiger partial charge in [0.15, 0.2) is 0 Å². The van der Waals surface area contributed by atoms with Crippen molar-refractivity contribution in [2.45, 2.75) is 46.1 Å². The maximum atomic E-state index is 12.6. The van der Waals surface area contributed by atoms with Crippen LogP contribution in [0, 0.1) is 12.8 Å². The highest BCUT2D eigenvalue weighted by molar-refractivity contribution is 5.79. The number of nitrogens with zero attached hydrogens (tertiary/aromatic N) is 2. The Bertz CT molecular complexity index is 467. The molecule has 4 nitrogen and oxygen atoms in total. The molecule has 2 heterocycles. The molecular weight excluding hydrogens is 262 g/mol. The number of rotatable bonds is 5. The highest BCUT2D eigenvalue weighted by Gasteiger charge is 2.23. The molecular formula is C17H27N3O. The number of hydrogen-bond acceptors (Lipinski definition) is 3. The van der Waals surface area contributed by atoms with Crippen molar-refractivity contribution in [1.82, 2.24) is 15.2 Å². The smallest absolute Gasteiger partial charge is 0.228 e. The van der Waals surface area contributed by atoms with E-state index in [4.69, 9.17) is 0 Å². The first-order chi connectivity index (χ1) is 10.1. The number of aryl methyl sites for hydroxylation is 1. The Balaban J connectivity index is 2.00. The number of carbonyl (C=O) groups excluding carboxylic acids is 1. The van der Waals surface area contributed by atoms with Gasteiger partial charge in [0.1, 0.15) is 0 Å². The van der Waals surface area contributed by atoms with Crippen molar-refractivity contribution in [3.8, 4) is 0 Å². The molecule has 1 aliphatic rings. The lowest BCUT2D eigenvalue weighted by molar-refractivity contribution is -0.133. The predicted molar refractivity (Wildman–Crippen MR) is 85.1 cm³/mol. The SMILES string of the molecule is Cc1cccnc1CC(=O)N(CC1CCCNC1)C(C)C. The second kappa shape index (κ2) is 7.55. The van der Waals surface area contributed by atoms with Crippen molar-refractivity contribution in [2.75, 3.05) is 19.6 Å². The quantitative estimate of drug-likeness (QED) is 0.903. The lowest BCUT2D eigenvalue weighted by Crippen LogP contribution is -2.45. The molecule has 0 spiro atoms. The van der Waals surface area contributed by atoms with Crippen molar-refractivity contribution >= 4 is 5.91 Å². The van der Waals surface area contributed by atoms with E-state index in [1.54, 1.807) is 6.20 Å². The maximum absolute atomic E-state index is 12.6. The van der Waals surface area contributed by atoms with Crippen molar-refractivity contribution in [1.29, 1.82) is 0 Å². The second-order valence-electron chi connectivity index (χ2n) is 6.30. The first kappa shape index (κ1) is 16.0. The predicted octanol–water partition coefficient (Wildman–Crippen LogP) is 2.17. The highest BCUT2D eigenvalue weighted by Crippen LogP contribution is 2.15. The van der Waals surface area contributed by atoms with Crippen LogP contribution in [-0.2, 0) is 11.2 Å². The van der Waals surface area contributed by atoms with E-state index in [2.05, 4.69) is 24.1 Å². The molecule has 1 aromatic heterocycles. The monoisotopic (exact) mass is 289 g/mol. The summed E-state index contributed by atoms with van der Waals surface area (Å²) in [6.45, 7) is 9.20. The minimum Gasteiger partial charge on any atom is -0.340 e. The molecule has 0 aliphatic carbocycles. The van der Waals surface area contributed by atoms with Crippen LogP contribution in [0.4, 0.5) is 0 Å². The van der Waals surface area contributed by atoms with Gasteiger partial charge in [0.2, 0.25) is 5.91 Å². The average Bonchev–Trinajstić information content (AvgIpc) is 2.48. The van der Waals surface area contributed by atoms with E-state index in [-0.39, 0.29) is 11.9 Å². The Hall–Kier alpha value is -1.42. The normalized spacial score (nSPS) is 18.8. The van der Waals surface area contributed by atoms with Gasteiger partial charge in [0, 0.05) is 18.8 Å². The molecule has 1 aliphatic heterocycles. The maximum Gasteiger partial charge on any atom is 0.228 e. The molecule has 2 rings (SSSR count).